The van der Waals surface area contributed by atoms with Crippen LogP contribution in [0.3, 0.4) is 0 Å². The van der Waals surface area contributed by atoms with Gasteiger partial charge in [-0.1, -0.05) is 5.11 Å². The number of nitrogens with zero attached hydrogens (tertiary/aromatic N) is 5. The molecule has 2 N–H and O–H groups in total. The minimum absolute atomic E-state index is 0.0300. The number of hydrogen-bond acceptors (Lipinski definition) is 7. The van der Waals surface area contributed by atoms with Gasteiger partial charge in [0.2, 0.25) is 0 Å². The van der Waals surface area contributed by atoms with Crippen molar-refractivity contribution < 1.29 is 15.1 Å². The molecule has 17 heavy (non-hydrogen) atoms. The Hall–Kier alpha value is -1.74. The number of aliphatic hydroxyl groups excluding tert-OH is 2. The van der Waals surface area contributed by atoms with Gasteiger partial charge in [0.1, 0.15) is 17.3 Å². The molecule has 0 aromatic carbocycles. The van der Waals surface area contributed by atoms with Crippen LogP contribution in [0, 0.1) is 10.1 Å². The number of nitro groups is 1. The summed E-state index contributed by atoms with van der Waals surface area (Å²) in [5.41, 5.74) is 8.03. The van der Waals surface area contributed by atoms with Gasteiger partial charge in [-0.05, 0) is 23.3 Å². The minimum atomic E-state index is -1.32. The molecule has 0 radical (unpaired) electrons. The van der Waals surface area contributed by atoms with Crippen molar-refractivity contribution in [3.63, 3.8) is 0 Å². The van der Waals surface area contributed by atoms with Crippen LogP contribution in [0.1, 0.15) is 17.5 Å². The van der Waals surface area contributed by atoms with Gasteiger partial charge in [-0.2, -0.15) is 0 Å². The van der Waals surface area contributed by atoms with E-state index >= 15 is 0 Å². The maximum Gasteiger partial charge on any atom is 0.344 e. The predicted octanol–water partition coefficient (Wildman–Crippen LogP) is 1.15. The van der Waals surface area contributed by atoms with Crippen LogP contribution in [0.2, 0.25) is 0 Å². The highest BCUT2D eigenvalue weighted by Crippen LogP contribution is 2.28. The molecule has 0 spiro atoms. The molecule has 2 atom stereocenters. The third-order valence-electron chi connectivity index (χ3n) is 1.90. The summed E-state index contributed by atoms with van der Waals surface area (Å²) in [4.78, 5) is 15.9. The fourth-order valence-electron chi connectivity index (χ4n) is 1.06. The van der Waals surface area contributed by atoms with Crippen molar-refractivity contribution in [2.24, 2.45) is 5.11 Å². The molecule has 0 aliphatic rings. The molecule has 0 aliphatic heterocycles. The molecule has 1 heterocycles. The first-order valence-corrected chi connectivity index (χ1v) is 5.35. The quantitative estimate of drug-likeness (QED) is 0.258. The molecule has 0 saturated heterocycles. The van der Waals surface area contributed by atoms with Crippen LogP contribution in [-0.4, -0.2) is 32.8 Å². The first-order valence-electron chi connectivity index (χ1n) is 4.53. The third-order valence-corrected chi connectivity index (χ3v) is 2.92. The van der Waals surface area contributed by atoms with Crippen LogP contribution in [0.4, 0.5) is 5.00 Å². The van der Waals surface area contributed by atoms with Crippen LogP contribution >= 0.6 is 11.3 Å². The Labute approximate surface area is 99.1 Å². The van der Waals surface area contributed by atoms with Gasteiger partial charge >= 0.3 is 5.00 Å². The number of aliphatic hydroxyl groups is 2. The molecule has 1 aromatic rings. The SMILES string of the molecule is [N-]=[N+]=NCCC(O)C(O)c1ncc([N+](=O)[O-])s1. The van der Waals surface area contributed by atoms with Gasteiger partial charge in [-0.25, -0.2) is 4.98 Å². The van der Waals surface area contributed by atoms with Gasteiger partial charge in [0.05, 0.1) is 11.0 Å². The Morgan fingerprint density at radius 2 is 2.41 bits per heavy atom. The van der Waals surface area contributed by atoms with Gasteiger partial charge in [-0.15, -0.1) is 0 Å². The van der Waals surface area contributed by atoms with E-state index in [1.807, 2.05) is 0 Å². The maximum absolute atomic E-state index is 10.4. The lowest BCUT2D eigenvalue weighted by atomic mass is 10.1. The Morgan fingerprint density at radius 1 is 1.71 bits per heavy atom. The Balaban J connectivity index is 2.64. The predicted molar refractivity (Wildman–Crippen MR) is 58.4 cm³/mol. The number of rotatable bonds is 6. The fourth-order valence-corrected chi connectivity index (χ4v) is 1.83. The fraction of sp³-hybridized carbons (Fsp3) is 0.571. The summed E-state index contributed by atoms with van der Waals surface area (Å²) in [5, 5.41) is 32.6. The Kier molecular flexibility index (Phi) is 4.79. The zero-order valence-corrected chi connectivity index (χ0v) is 9.32. The van der Waals surface area contributed by atoms with Crippen molar-refractivity contribution >= 4 is 16.3 Å². The second-order valence-corrected chi connectivity index (χ2v) is 4.09. The summed E-state index contributed by atoms with van der Waals surface area (Å²) in [6.45, 7) is 0.0300. The molecule has 0 amide bonds. The van der Waals surface area contributed by atoms with E-state index in [1.54, 1.807) is 0 Å². The van der Waals surface area contributed by atoms with E-state index in [1.165, 1.54) is 0 Å². The van der Waals surface area contributed by atoms with E-state index in [9.17, 15) is 20.3 Å². The van der Waals surface area contributed by atoms with Gasteiger partial charge in [0, 0.05) is 11.5 Å². The lowest BCUT2D eigenvalue weighted by Gasteiger charge is -2.13. The summed E-state index contributed by atoms with van der Waals surface area (Å²) >= 11 is 0.693. The monoisotopic (exact) mass is 259 g/mol. The van der Waals surface area contributed by atoms with Crippen molar-refractivity contribution in [2.75, 3.05) is 6.54 Å². The molecular formula is C7H9N5O4S. The normalized spacial score (nSPS) is 13.8. The molecule has 92 valence electrons. The third kappa shape index (κ3) is 3.64. The van der Waals surface area contributed by atoms with E-state index in [0.29, 0.717) is 11.3 Å². The number of thiazole rings is 1. The highest BCUT2D eigenvalue weighted by atomic mass is 32.1. The zero-order valence-electron chi connectivity index (χ0n) is 8.50. The second-order valence-electron chi connectivity index (χ2n) is 3.05. The van der Waals surface area contributed by atoms with E-state index in [2.05, 4.69) is 15.0 Å². The topological polar surface area (TPSA) is 145 Å². The van der Waals surface area contributed by atoms with E-state index in [4.69, 9.17) is 5.53 Å². The summed E-state index contributed by atoms with van der Waals surface area (Å²) in [6, 6.07) is 0. The Morgan fingerprint density at radius 3 is 2.94 bits per heavy atom. The van der Waals surface area contributed by atoms with Crippen LogP contribution in [0.5, 0.6) is 0 Å². The number of hydrogen-bond donors (Lipinski definition) is 2. The summed E-state index contributed by atoms with van der Waals surface area (Å²) in [7, 11) is 0. The van der Waals surface area contributed by atoms with E-state index in [-0.39, 0.29) is 23.0 Å². The van der Waals surface area contributed by atoms with Crippen LogP contribution in [0.25, 0.3) is 10.4 Å². The van der Waals surface area contributed by atoms with Crippen LogP contribution in [-0.2, 0) is 0 Å². The number of aromatic nitrogens is 1. The van der Waals surface area contributed by atoms with Crippen molar-refractivity contribution in [2.45, 2.75) is 18.6 Å². The van der Waals surface area contributed by atoms with Crippen molar-refractivity contribution in [1.82, 2.24) is 4.98 Å². The molecule has 0 fully saturated rings. The molecule has 0 bridgehead atoms. The molecular weight excluding hydrogens is 250 g/mol. The summed E-state index contributed by atoms with van der Waals surface area (Å²) < 4.78 is 0. The largest absolute Gasteiger partial charge is 0.390 e. The van der Waals surface area contributed by atoms with Gasteiger partial charge in [-0.3, -0.25) is 10.1 Å². The van der Waals surface area contributed by atoms with Gasteiger partial charge in [0.25, 0.3) is 0 Å². The highest BCUT2D eigenvalue weighted by molar-refractivity contribution is 7.14. The average molecular weight is 259 g/mol. The molecule has 1 rings (SSSR count). The molecule has 0 saturated carbocycles. The van der Waals surface area contributed by atoms with Crippen molar-refractivity contribution in [3.05, 3.63) is 31.8 Å². The molecule has 1 aromatic heterocycles. The minimum Gasteiger partial charge on any atom is -0.390 e. The lowest BCUT2D eigenvalue weighted by Crippen LogP contribution is -2.18. The second kappa shape index (κ2) is 6.11. The van der Waals surface area contributed by atoms with E-state index in [0.717, 1.165) is 6.20 Å². The van der Waals surface area contributed by atoms with Crippen molar-refractivity contribution in [1.29, 1.82) is 0 Å². The van der Waals surface area contributed by atoms with E-state index < -0.39 is 17.1 Å². The lowest BCUT2D eigenvalue weighted by molar-refractivity contribution is -0.380. The highest BCUT2D eigenvalue weighted by Gasteiger charge is 2.23. The zero-order chi connectivity index (χ0) is 12.8. The van der Waals surface area contributed by atoms with Gasteiger partial charge in [0.15, 0.2) is 0 Å². The summed E-state index contributed by atoms with van der Waals surface area (Å²) in [6.07, 6.45) is -1.42. The van der Waals surface area contributed by atoms with Gasteiger partial charge < -0.3 is 10.2 Å². The van der Waals surface area contributed by atoms with Crippen LogP contribution < -0.4 is 0 Å². The average Bonchev–Trinajstić information content (AvgIpc) is 2.77. The maximum atomic E-state index is 10.4. The smallest absolute Gasteiger partial charge is 0.344 e. The first kappa shape index (κ1) is 13.3. The van der Waals surface area contributed by atoms with Crippen LogP contribution in [0.15, 0.2) is 11.3 Å². The molecule has 0 aliphatic carbocycles. The molecule has 2 unspecified atom stereocenters. The van der Waals surface area contributed by atoms with Crippen molar-refractivity contribution in [3.8, 4) is 0 Å². The standard InChI is InChI=1S/C7H9N5O4S/c8-11-10-2-1-4(13)6(14)7-9-3-5(17-7)12(15)16/h3-4,6,13-14H,1-2H2. The molecule has 10 heteroatoms. The Bertz CT molecular complexity index is 443. The first-order chi connectivity index (χ1) is 8.06. The number of azide groups is 1. The molecule has 9 nitrogen and oxygen atoms in total. The summed E-state index contributed by atoms with van der Waals surface area (Å²) in [5.74, 6) is 0.